The van der Waals surface area contributed by atoms with Crippen molar-refractivity contribution in [1.29, 1.82) is 0 Å². The molecule has 0 aromatic carbocycles. The third-order valence-electron chi connectivity index (χ3n) is 6.06. The van der Waals surface area contributed by atoms with Gasteiger partial charge in [-0.1, -0.05) is 32.6 Å². The van der Waals surface area contributed by atoms with Crippen molar-refractivity contribution >= 4 is 8.32 Å². The average Bonchev–Trinajstić information content (AvgIpc) is 2.58. The van der Waals surface area contributed by atoms with Gasteiger partial charge in [-0.05, 0) is 62.7 Å². The quantitative estimate of drug-likeness (QED) is 0.383. The summed E-state index contributed by atoms with van der Waals surface area (Å²) in [4.78, 5) is 0. The van der Waals surface area contributed by atoms with E-state index in [0.29, 0.717) is 13.0 Å². The summed E-state index contributed by atoms with van der Waals surface area (Å²) in [6.07, 6.45) is 8.95. The normalized spacial score (nSPS) is 23.3. The van der Waals surface area contributed by atoms with Crippen LogP contribution in [0.2, 0.25) is 18.1 Å². The lowest BCUT2D eigenvalue weighted by molar-refractivity contribution is -0.229. The largest absolute Gasteiger partial charge is 0.416 e. The first-order valence-electron chi connectivity index (χ1n) is 10.4. The fourth-order valence-electron chi connectivity index (χ4n) is 3.08. The van der Waals surface area contributed by atoms with E-state index in [1.807, 2.05) is 6.08 Å². The lowest BCUT2D eigenvalue weighted by atomic mass is 9.78. The van der Waals surface area contributed by atoms with Gasteiger partial charge in [0.05, 0.1) is 12.2 Å². The molecule has 1 heterocycles. The summed E-state index contributed by atoms with van der Waals surface area (Å²) < 4.78 is 18.2. The Morgan fingerprint density at radius 2 is 2.00 bits per heavy atom. The molecule has 0 aromatic heterocycles. The van der Waals surface area contributed by atoms with E-state index in [4.69, 9.17) is 13.9 Å². The highest BCUT2D eigenvalue weighted by Gasteiger charge is 2.39. The van der Waals surface area contributed by atoms with E-state index in [9.17, 15) is 5.11 Å². The molecule has 27 heavy (non-hydrogen) atoms. The van der Waals surface area contributed by atoms with Crippen molar-refractivity contribution < 1.29 is 19.0 Å². The highest BCUT2D eigenvalue weighted by Crippen LogP contribution is 2.40. The summed E-state index contributed by atoms with van der Waals surface area (Å²) in [5, 5.41) is 9.94. The fraction of sp³-hybridized carbons (Fsp3) is 0.818. The maximum Gasteiger partial charge on any atom is 0.192 e. The van der Waals surface area contributed by atoms with Crippen molar-refractivity contribution in [3.05, 3.63) is 11.6 Å². The molecule has 0 spiro atoms. The van der Waals surface area contributed by atoms with Gasteiger partial charge in [-0.3, -0.25) is 0 Å². The van der Waals surface area contributed by atoms with Crippen LogP contribution in [0.15, 0.2) is 11.6 Å². The molecule has 4 nitrogen and oxygen atoms in total. The highest BCUT2D eigenvalue weighted by molar-refractivity contribution is 6.74. The Labute approximate surface area is 166 Å². The van der Waals surface area contributed by atoms with E-state index in [1.54, 1.807) is 0 Å². The molecule has 0 aromatic rings. The van der Waals surface area contributed by atoms with Crippen LogP contribution in [0.1, 0.15) is 65.7 Å². The Morgan fingerprint density at radius 3 is 2.52 bits per heavy atom. The lowest BCUT2D eigenvalue weighted by Gasteiger charge is -2.42. The van der Waals surface area contributed by atoms with Gasteiger partial charge >= 0.3 is 0 Å². The standard InChI is InChI=1S/C22H38O4Si/c1-21(2,3)27(4,5)25-16-9-6-11-19(18-23)17-22(13-10-14-22)26-20-12-7-8-15-24-20/h17,20,23H,7-10,12-16,18H2,1-5H3/b19-17-. The first-order valence-corrected chi connectivity index (χ1v) is 13.3. The van der Waals surface area contributed by atoms with E-state index < -0.39 is 8.32 Å². The molecule has 1 unspecified atom stereocenters. The zero-order chi connectivity index (χ0) is 20.0. The van der Waals surface area contributed by atoms with Crippen molar-refractivity contribution in [3.8, 4) is 11.8 Å². The summed E-state index contributed by atoms with van der Waals surface area (Å²) in [6.45, 7) is 12.6. The molecule has 2 rings (SSSR count). The van der Waals surface area contributed by atoms with Crippen LogP contribution < -0.4 is 0 Å². The molecule has 2 aliphatic rings. The lowest BCUT2D eigenvalue weighted by Crippen LogP contribution is -2.43. The summed E-state index contributed by atoms with van der Waals surface area (Å²) in [7, 11) is -1.72. The van der Waals surface area contributed by atoms with Gasteiger partial charge in [0.1, 0.15) is 0 Å². The molecule has 154 valence electrons. The van der Waals surface area contributed by atoms with Crippen LogP contribution in [0, 0.1) is 11.8 Å². The van der Waals surface area contributed by atoms with Crippen LogP contribution >= 0.6 is 0 Å². The van der Waals surface area contributed by atoms with Gasteiger partial charge in [0.2, 0.25) is 0 Å². The van der Waals surface area contributed by atoms with Crippen molar-refractivity contribution in [2.75, 3.05) is 19.8 Å². The van der Waals surface area contributed by atoms with Crippen LogP contribution in [0.25, 0.3) is 0 Å². The molecule has 5 heteroatoms. The van der Waals surface area contributed by atoms with Gasteiger partial charge in [0.15, 0.2) is 14.6 Å². The van der Waals surface area contributed by atoms with Gasteiger partial charge in [-0.15, -0.1) is 0 Å². The van der Waals surface area contributed by atoms with Gasteiger partial charge in [0, 0.05) is 25.2 Å². The molecule has 1 aliphatic carbocycles. The third kappa shape index (κ3) is 6.72. The minimum atomic E-state index is -1.72. The Hall–Kier alpha value is -0.643. The molecule has 0 bridgehead atoms. The molecular weight excluding hydrogens is 356 g/mol. The maximum atomic E-state index is 9.73. The third-order valence-corrected chi connectivity index (χ3v) is 10.6. The topological polar surface area (TPSA) is 47.9 Å². The zero-order valence-corrected chi connectivity index (χ0v) is 18.9. The molecule has 2 fully saturated rings. The van der Waals surface area contributed by atoms with Crippen molar-refractivity contribution in [1.82, 2.24) is 0 Å². The second kappa shape index (κ2) is 9.71. The molecule has 0 amide bonds. The second-order valence-corrected chi connectivity index (χ2v) is 14.1. The van der Waals surface area contributed by atoms with E-state index >= 15 is 0 Å². The fourth-order valence-corrected chi connectivity index (χ4v) is 4.12. The number of hydrogen-bond donors (Lipinski definition) is 1. The Kier molecular flexibility index (Phi) is 8.14. The predicted octanol–water partition coefficient (Wildman–Crippen LogP) is 4.79. The molecule has 1 saturated heterocycles. The Balaban J connectivity index is 1.89. The minimum absolute atomic E-state index is 0.0489. The van der Waals surface area contributed by atoms with Crippen LogP contribution in [-0.2, 0) is 13.9 Å². The molecule has 1 N–H and O–H groups in total. The van der Waals surface area contributed by atoms with Crippen LogP contribution in [0.3, 0.4) is 0 Å². The van der Waals surface area contributed by atoms with Crippen molar-refractivity contribution in [3.63, 3.8) is 0 Å². The minimum Gasteiger partial charge on any atom is -0.416 e. The summed E-state index contributed by atoms with van der Waals surface area (Å²) in [6, 6.07) is 0. The van der Waals surface area contributed by atoms with E-state index in [1.165, 1.54) is 0 Å². The summed E-state index contributed by atoms with van der Waals surface area (Å²) >= 11 is 0. The van der Waals surface area contributed by atoms with Crippen LogP contribution in [-0.4, -0.2) is 45.1 Å². The van der Waals surface area contributed by atoms with Gasteiger partial charge < -0.3 is 19.0 Å². The first kappa shape index (κ1) is 22.6. The molecule has 1 aliphatic heterocycles. The highest BCUT2D eigenvalue weighted by atomic mass is 28.4. The molecular formula is C22H38O4Si. The van der Waals surface area contributed by atoms with E-state index in [-0.39, 0.29) is 23.5 Å². The van der Waals surface area contributed by atoms with Crippen molar-refractivity contribution in [2.24, 2.45) is 0 Å². The monoisotopic (exact) mass is 394 g/mol. The number of aliphatic hydroxyl groups is 1. The van der Waals surface area contributed by atoms with Gasteiger partial charge in [-0.25, -0.2) is 0 Å². The van der Waals surface area contributed by atoms with Crippen LogP contribution in [0.5, 0.6) is 0 Å². The number of hydrogen-bond acceptors (Lipinski definition) is 4. The number of aliphatic hydroxyl groups excluding tert-OH is 1. The summed E-state index contributed by atoms with van der Waals surface area (Å²) in [5.74, 6) is 6.30. The smallest absolute Gasteiger partial charge is 0.192 e. The predicted molar refractivity (Wildman–Crippen MR) is 112 cm³/mol. The molecule has 1 saturated carbocycles. The maximum absolute atomic E-state index is 9.73. The zero-order valence-electron chi connectivity index (χ0n) is 17.9. The Morgan fingerprint density at radius 1 is 1.26 bits per heavy atom. The average molecular weight is 395 g/mol. The van der Waals surface area contributed by atoms with Crippen molar-refractivity contribution in [2.45, 2.75) is 95.7 Å². The van der Waals surface area contributed by atoms with E-state index in [2.05, 4.69) is 45.7 Å². The second-order valence-electron chi connectivity index (χ2n) is 9.32. The first-order chi connectivity index (χ1) is 12.7. The molecule has 0 radical (unpaired) electrons. The summed E-state index contributed by atoms with van der Waals surface area (Å²) in [5.41, 5.74) is 0.449. The van der Waals surface area contributed by atoms with Crippen LogP contribution in [0.4, 0.5) is 0 Å². The SMILES string of the molecule is CC(C)(C)[Si](C)(C)OCCC#C/C(=C/C1(OC2CCCCO2)CCC1)CO. The molecule has 1 atom stereocenters. The van der Waals surface area contributed by atoms with Gasteiger partial charge in [0.25, 0.3) is 0 Å². The Bertz CT molecular complexity index is 555. The number of ether oxygens (including phenoxy) is 2. The van der Waals surface area contributed by atoms with E-state index in [0.717, 1.165) is 50.7 Å². The number of rotatable bonds is 7. The van der Waals surface area contributed by atoms with Gasteiger partial charge in [-0.2, -0.15) is 0 Å².